The molecule has 0 radical (unpaired) electrons. The molecule has 3 saturated carbocycles. The molecule has 2 unspecified atom stereocenters. The highest BCUT2D eigenvalue weighted by molar-refractivity contribution is 6.30. The van der Waals surface area contributed by atoms with E-state index in [1.54, 1.807) is 17.9 Å². The van der Waals surface area contributed by atoms with Crippen LogP contribution >= 0.6 is 11.6 Å². The van der Waals surface area contributed by atoms with E-state index >= 15 is 0 Å². The number of rotatable bonds is 5. The van der Waals surface area contributed by atoms with E-state index in [1.807, 2.05) is 48.5 Å². The molecule has 40 heavy (non-hydrogen) atoms. The highest BCUT2D eigenvalue weighted by atomic mass is 35.5. The predicted molar refractivity (Wildman–Crippen MR) is 150 cm³/mol. The molecule has 7 atom stereocenters. The van der Waals surface area contributed by atoms with Gasteiger partial charge in [0.15, 0.2) is 17.0 Å². The minimum absolute atomic E-state index is 0.139. The van der Waals surface area contributed by atoms with Crippen LogP contribution in [0.4, 0.5) is 5.82 Å². The van der Waals surface area contributed by atoms with Gasteiger partial charge < -0.3 is 25.4 Å². The summed E-state index contributed by atoms with van der Waals surface area (Å²) in [7, 11) is 1.54. The summed E-state index contributed by atoms with van der Waals surface area (Å²) >= 11 is 6.22. The van der Waals surface area contributed by atoms with Crippen LogP contribution in [0.1, 0.15) is 41.8 Å². The first-order valence-corrected chi connectivity index (χ1v) is 13.7. The molecule has 0 saturated heterocycles. The normalized spacial score (nSPS) is 29.8. The SMILES string of the molecule is CNC(=O)[C@@]12C[C@@H]1[C@@H](n1cnc3c(NC4CC4c4cccc(Cl)c4)nc(C#Cc4ccccc4)nc31)[C@H](O)[C@@H]2O. The van der Waals surface area contributed by atoms with Gasteiger partial charge in [0, 0.05) is 35.5 Å². The zero-order valence-corrected chi connectivity index (χ0v) is 22.4. The van der Waals surface area contributed by atoms with Crippen molar-refractivity contribution < 1.29 is 15.0 Å². The predicted octanol–water partition coefficient (Wildman–Crippen LogP) is 2.88. The number of hydrogen-bond acceptors (Lipinski definition) is 7. The van der Waals surface area contributed by atoms with Crippen LogP contribution in [0, 0.1) is 23.2 Å². The molecule has 2 heterocycles. The standard InChI is InChI=1S/C30H27ClN6O3/c1-32-29(40)30-14-20(30)24(25(38)26(30)39)37-15-33-23-27(34-21-13-19(21)17-8-5-9-18(31)12-17)35-22(36-28(23)37)11-10-16-6-3-2-4-7-16/h2-9,12,15,19-21,24-26,38-39H,13-14H2,1H3,(H,32,40)(H,34,35,36)/t19?,20-,21?,24-,25+,26+,30+/m1/s1. The Morgan fingerprint density at radius 1 is 1.12 bits per heavy atom. The van der Waals surface area contributed by atoms with Crippen molar-refractivity contribution >= 4 is 34.5 Å². The first kappa shape index (κ1) is 25.0. The molecule has 1 amide bonds. The van der Waals surface area contributed by atoms with Gasteiger partial charge in [0.25, 0.3) is 0 Å². The number of aromatic nitrogens is 4. The molecule has 4 N–H and O–H groups in total. The molecule has 3 fully saturated rings. The van der Waals surface area contributed by atoms with Crippen molar-refractivity contribution in [3.05, 3.63) is 82.9 Å². The van der Waals surface area contributed by atoms with Crippen LogP contribution in [0.3, 0.4) is 0 Å². The molecule has 3 aliphatic carbocycles. The Labute approximate surface area is 235 Å². The number of aliphatic hydroxyl groups is 2. The van der Waals surface area contributed by atoms with Crippen molar-refractivity contribution in [1.29, 1.82) is 0 Å². The summed E-state index contributed by atoms with van der Waals surface area (Å²) in [6.45, 7) is 0. The van der Waals surface area contributed by atoms with E-state index in [1.165, 1.54) is 0 Å². The number of hydrogen-bond donors (Lipinski definition) is 4. The van der Waals surface area contributed by atoms with Crippen molar-refractivity contribution in [3.63, 3.8) is 0 Å². The third-order valence-corrected chi connectivity index (χ3v) is 8.78. The summed E-state index contributed by atoms with van der Waals surface area (Å²) in [5.74, 6) is 6.84. The third kappa shape index (κ3) is 3.94. The van der Waals surface area contributed by atoms with Crippen LogP contribution in [0.2, 0.25) is 5.02 Å². The molecule has 9 nitrogen and oxygen atoms in total. The highest BCUT2D eigenvalue weighted by Gasteiger charge is 2.75. The maximum absolute atomic E-state index is 12.7. The van der Waals surface area contributed by atoms with Gasteiger partial charge in [-0.3, -0.25) is 4.79 Å². The highest BCUT2D eigenvalue weighted by Crippen LogP contribution is 2.67. The lowest BCUT2D eigenvalue weighted by Crippen LogP contribution is -2.41. The summed E-state index contributed by atoms with van der Waals surface area (Å²) in [6.07, 6.45) is 0.687. The van der Waals surface area contributed by atoms with Gasteiger partial charge in [-0.15, -0.1) is 0 Å². The lowest BCUT2D eigenvalue weighted by Gasteiger charge is -2.23. The number of amides is 1. The van der Waals surface area contributed by atoms with Gasteiger partial charge in [-0.1, -0.05) is 47.9 Å². The molecule has 0 aliphatic heterocycles. The number of imidazole rings is 1. The Balaban J connectivity index is 1.27. The van der Waals surface area contributed by atoms with E-state index in [4.69, 9.17) is 21.6 Å². The van der Waals surface area contributed by atoms with Crippen LogP contribution < -0.4 is 10.6 Å². The topological polar surface area (TPSA) is 125 Å². The van der Waals surface area contributed by atoms with Crippen LogP contribution in [0.5, 0.6) is 0 Å². The first-order chi connectivity index (χ1) is 19.4. The van der Waals surface area contributed by atoms with Crippen molar-refractivity contribution in [2.75, 3.05) is 12.4 Å². The number of halogens is 1. The van der Waals surface area contributed by atoms with Crippen LogP contribution in [0.15, 0.2) is 60.9 Å². The molecule has 0 bridgehead atoms. The molecule has 202 valence electrons. The molecule has 10 heteroatoms. The van der Waals surface area contributed by atoms with Gasteiger partial charge in [0.1, 0.15) is 6.10 Å². The van der Waals surface area contributed by atoms with Crippen LogP contribution in [-0.2, 0) is 4.79 Å². The minimum atomic E-state index is -1.18. The van der Waals surface area contributed by atoms with Crippen molar-refractivity contribution in [1.82, 2.24) is 24.8 Å². The lowest BCUT2D eigenvalue weighted by atomic mass is 9.98. The quantitative estimate of drug-likeness (QED) is 0.280. The fraction of sp³-hybridized carbons (Fsp3) is 0.333. The first-order valence-electron chi connectivity index (χ1n) is 13.3. The number of fused-ring (bicyclic) bond motifs is 2. The summed E-state index contributed by atoms with van der Waals surface area (Å²) in [4.78, 5) is 26.8. The van der Waals surface area contributed by atoms with Gasteiger partial charge in [-0.2, -0.15) is 0 Å². The van der Waals surface area contributed by atoms with E-state index in [2.05, 4.69) is 33.5 Å². The Bertz CT molecular complexity index is 1700. The molecule has 7 rings (SSSR count). The second-order valence-corrected chi connectivity index (χ2v) is 11.3. The Kier molecular flexibility index (Phi) is 5.82. The Hall–Kier alpha value is -3.97. The molecule has 4 aromatic rings. The van der Waals surface area contributed by atoms with Crippen molar-refractivity contribution in [2.24, 2.45) is 11.3 Å². The fourth-order valence-corrected chi connectivity index (χ4v) is 6.56. The summed E-state index contributed by atoms with van der Waals surface area (Å²) in [5, 5.41) is 28.8. The van der Waals surface area contributed by atoms with E-state index in [9.17, 15) is 15.0 Å². The maximum Gasteiger partial charge on any atom is 0.229 e. The number of anilines is 1. The maximum atomic E-state index is 12.7. The van der Waals surface area contributed by atoms with Gasteiger partial charge in [0.2, 0.25) is 11.7 Å². The van der Waals surface area contributed by atoms with Gasteiger partial charge in [-0.05, 0) is 48.6 Å². The molecule has 2 aromatic carbocycles. The van der Waals surface area contributed by atoms with Gasteiger partial charge >= 0.3 is 0 Å². The summed E-state index contributed by atoms with van der Waals surface area (Å²) in [5.41, 5.74) is 2.03. The second-order valence-electron chi connectivity index (χ2n) is 10.8. The number of nitrogens with one attached hydrogen (secondary N) is 2. The van der Waals surface area contributed by atoms with E-state index in [-0.39, 0.29) is 23.8 Å². The fourth-order valence-electron chi connectivity index (χ4n) is 6.36. The molecule has 0 spiro atoms. The Morgan fingerprint density at radius 2 is 1.95 bits per heavy atom. The number of benzene rings is 2. The van der Waals surface area contributed by atoms with E-state index in [0.717, 1.165) is 17.5 Å². The van der Waals surface area contributed by atoms with Gasteiger partial charge in [-0.25, -0.2) is 15.0 Å². The lowest BCUT2D eigenvalue weighted by molar-refractivity contribution is -0.132. The van der Waals surface area contributed by atoms with Gasteiger partial charge in [0.05, 0.1) is 23.9 Å². The van der Waals surface area contributed by atoms with E-state index < -0.39 is 23.7 Å². The molecule has 2 aromatic heterocycles. The van der Waals surface area contributed by atoms with Crippen LogP contribution in [0.25, 0.3) is 11.2 Å². The average molecular weight is 555 g/mol. The Morgan fingerprint density at radius 3 is 2.73 bits per heavy atom. The summed E-state index contributed by atoms with van der Waals surface area (Å²) in [6, 6.07) is 17.0. The van der Waals surface area contributed by atoms with Crippen LogP contribution in [-0.4, -0.2) is 60.9 Å². The molecular weight excluding hydrogens is 528 g/mol. The second kappa shape index (κ2) is 9.30. The van der Waals surface area contributed by atoms with E-state index in [0.29, 0.717) is 34.2 Å². The third-order valence-electron chi connectivity index (χ3n) is 8.55. The van der Waals surface area contributed by atoms with Crippen molar-refractivity contribution in [3.8, 4) is 11.8 Å². The minimum Gasteiger partial charge on any atom is -0.389 e. The largest absolute Gasteiger partial charge is 0.389 e. The smallest absolute Gasteiger partial charge is 0.229 e. The van der Waals surface area contributed by atoms with Crippen molar-refractivity contribution in [2.45, 2.75) is 43.1 Å². The molecular formula is C30H27ClN6O3. The number of carbonyl (C=O) groups is 1. The summed E-state index contributed by atoms with van der Waals surface area (Å²) < 4.78 is 1.77. The molecule has 3 aliphatic rings. The monoisotopic (exact) mass is 554 g/mol. The average Bonchev–Trinajstić information content (AvgIpc) is 3.85. The zero-order valence-electron chi connectivity index (χ0n) is 21.6. The zero-order chi connectivity index (χ0) is 27.6. The number of nitrogens with zero attached hydrogens (tertiary/aromatic N) is 4. The number of carbonyl (C=O) groups excluding carboxylic acids is 1. The number of aliphatic hydroxyl groups excluding tert-OH is 2.